The summed E-state index contributed by atoms with van der Waals surface area (Å²) in [5.74, 6) is 0.00680. The first-order valence-electron chi connectivity index (χ1n) is 6.74. The molecule has 2 N–H and O–H groups in total. The van der Waals surface area contributed by atoms with Crippen LogP contribution in [0.25, 0.3) is 10.6 Å². The van der Waals surface area contributed by atoms with Crippen molar-refractivity contribution in [1.29, 1.82) is 0 Å². The summed E-state index contributed by atoms with van der Waals surface area (Å²) >= 11 is 1.52. The van der Waals surface area contributed by atoms with Crippen molar-refractivity contribution in [3.8, 4) is 10.6 Å². The van der Waals surface area contributed by atoms with Gasteiger partial charge < -0.3 is 15.1 Å². The Morgan fingerprint density at radius 1 is 1.32 bits per heavy atom. The van der Waals surface area contributed by atoms with Crippen LogP contribution in [0.4, 0.5) is 0 Å². The van der Waals surface area contributed by atoms with Crippen molar-refractivity contribution >= 4 is 42.1 Å². The van der Waals surface area contributed by atoms with E-state index in [0.717, 1.165) is 35.8 Å². The fraction of sp³-hybridized carbons (Fsp3) is 0.429. The minimum absolute atomic E-state index is 0. The third kappa shape index (κ3) is 6.79. The topological polar surface area (TPSA) is 67.2 Å². The lowest BCUT2D eigenvalue weighted by Crippen LogP contribution is -2.33. The van der Waals surface area contributed by atoms with Crippen LogP contribution in [-0.4, -0.2) is 30.5 Å². The molecule has 0 unspecified atom stereocenters. The number of carbonyl (C=O) groups excluding carboxylic acids is 1. The van der Waals surface area contributed by atoms with Gasteiger partial charge in [0.15, 0.2) is 0 Å². The Labute approximate surface area is 146 Å². The molecule has 0 radical (unpaired) electrons. The highest BCUT2D eigenvalue weighted by molar-refractivity contribution is 7.13. The van der Waals surface area contributed by atoms with E-state index in [2.05, 4.69) is 22.5 Å². The molecule has 0 saturated heterocycles. The predicted molar refractivity (Wildman–Crippen MR) is 94.2 cm³/mol. The maximum atomic E-state index is 11.7. The van der Waals surface area contributed by atoms with Gasteiger partial charge in [-0.3, -0.25) is 4.79 Å². The SMILES string of the molecule is CCCNCCNC(=O)Cc1csc(-c2ccoc2)n1.Cl.Cl. The zero-order valence-corrected chi connectivity index (χ0v) is 14.8. The monoisotopic (exact) mass is 365 g/mol. The molecule has 8 heteroatoms. The minimum atomic E-state index is 0. The van der Waals surface area contributed by atoms with Gasteiger partial charge in [0.05, 0.1) is 18.4 Å². The molecular formula is C14H21Cl2N3O2S. The van der Waals surface area contributed by atoms with E-state index < -0.39 is 0 Å². The summed E-state index contributed by atoms with van der Waals surface area (Å²) in [6.07, 6.45) is 4.69. The summed E-state index contributed by atoms with van der Waals surface area (Å²) in [5, 5.41) is 8.91. The number of hydrogen-bond acceptors (Lipinski definition) is 5. The number of nitrogens with zero attached hydrogens (tertiary/aromatic N) is 1. The first kappa shape index (κ1) is 20.9. The summed E-state index contributed by atoms with van der Waals surface area (Å²) in [4.78, 5) is 16.2. The van der Waals surface area contributed by atoms with E-state index in [9.17, 15) is 4.79 Å². The van der Waals surface area contributed by atoms with E-state index in [4.69, 9.17) is 4.42 Å². The molecule has 0 fully saturated rings. The summed E-state index contributed by atoms with van der Waals surface area (Å²) in [6, 6.07) is 1.86. The van der Waals surface area contributed by atoms with Gasteiger partial charge in [0.2, 0.25) is 5.91 Å². The molecule has 0 saturated carbocycles. The molecule has 0 aliphatic rings. The molecule has 2 rings (SSSR count). The Balaban J connectivity index is 0.00000220. The number of carbonyl (C=O) groups is 1. The van der Waals surface area contributed by atoms with Gasteiger partial charge in [-0.25, -0.2) is 4.98 Å². The third-order valence-corrected chi connectivity index (χ3v) is 3.65. The maximum Gasteiger partial charge on any atom is 0.226 e. The van der Waals surface area contributed by atoms with Crippen molar-refractivity contribution in [2.75, 3.05) is 19.6 Å². The van der Waals surface area contributed by atoms with Gasteiger partial charge in [-0.15, -0.1) is 36.2 Å². The second-order valence-electron chi connectivity index (χ2n) is 4.43. The molecular weight excluding hydrogens is 345 g/mol. The molecule has 22 heavy (non-hydrogen) atoms. The molecule has 0 bridgehead atoms. The van der Waals surface area contributed by atoms with Crippen LogP contribution in [-0.2, 0) is 11.2 Å². The Morgan fingerprint density at radius 3 is 2.82 bits per heavy atom. The summed E-state index contributed by atoms with van der Waals surface area (Å²) in [5.41, 5.74) is 1.75. The van der Waals surface area contributed by atoms with E-state index in [1.807, 2.05) is 11.4 Å². The first-order valence-corrected chi connectivity index (χ1v) is 7.62. The van der Waals surface area contributed by atoms with Crippen LogP contribution in [0.3, 0.4) is 0 Å². The fourth-order valence-corrected chi connectivity index (χ4v) is 2.53. The van der Waals surface area contributed by atoms with Gasteiger partial charge in [0, 0.05) is 24.0 Å². The lowest BCUT2D eigenvalue weighted by atomic mass is 10.3. The molecule has 0 atom stereocenters. The van der Waals surface area contributed by atoms with E-state index in [-0.39, 0.29) is 30.7 Å². The molecule has 0 spiro atoms. The highest BCUT2D eigenvalue weighted by Gasteiger charge is 2.09. The number of furan rings is 1. The maximum absolute atomic E-state index is 11.7. The second-order valence-corrected chi connectivity index (χ2v) is 5.29. The van der Waals surface area contributed by atoms with Crippen molar-refractivity contribution in [3.05, 3.63) is 29.7 Å². The largest absolute Gasteiger partial charge is 0.472 e. The molecule has 2 heterocycles. The average Bonchev–Trinajstić information content (AvgIpc) is 3.08. The number of aromatic nitrogens is 1. The van der Waals surface area contributed by atoms with Crippen LogP contribution >= 0.6 is 36.2 Å². The van der Waals surface area contributed by atoms with Crippen LogP contribution in [0.15, 0.2) is 28.4 Å². The van der Waals surface area contributed by atoms with Gasteiger partial charge >= 0.3 is 0 Å². The highest BCUT2D eigenvalue weighted by atomic mass is 35.5. The standard InChI is InChI=1S/C14H19N3O2S.2ClH/c1-2-4-15-5-6-16-13(18)8-12-10-20-14(17-12)11-3-7-19-9-11;;/h3,7,9-10,15H,2,4-6,8H2,1H3,(H,16,18);2*1H. The van der Waals surface area contributed by atoms with Gasteiger partial charge in [0.1, 0.15) is 11.3 Å². The Morgan fingerprint density at radius 2 is 2.14 bits per heavy atom. The van der Waals surface area contributed by atoms with Crippen molar-refractivity contribution < 1.29 is 9.21 Å². The van der Waals surface area contributed by atoms with Gasteiger partial charge in [0.25, 0.3) is 0 Å². The molecule has 0 aromatic carbocycles. The molecule has 2 aromatic heterocycles. The second kappa shape index (κ2) is 11.5. The average molecular weight is 366 g/mol. The summed E-state index contributed by atoms with van der Waals surface area (Å²) < 4.78 is 5.02. The number of rotatable bonds is 8. The first-order chi connectivity index (χ1) is 9.79. The lowest BCUT2D eigenvalue weighted by molar-refractivity contribution is -0.120. The van der Waals surface area contributed by atoms with Crippen LogP contribution in [0.5, 0.6) is 0 Å². The Hall–Kier alpha value is -1.08. The zero-order valence-electron chi connectivity index (χ0n) is 12.3. The van der Waals surface area contributed by atoms with Crippen LogP contribution in [0, 0.1) is 0 Å². The Bertz CT molecular complexity index is 532. The molecule has 0 aliphatic carbocycles. The predicted octanol–water partition coefficient (Wildman–Crippen LogP) is 2.91. The highest BCUT2D eigenvalue weighted by Crippen LogP contribution is 2.23. The zero-order chi connectivity index (χ0) is 14.2. The smallest absolute Gasteiger partial charge is 0.226 e. The van der Waals surface area contributed by atoms with E-state index in [1.165, 1.54) is 11.3 Å². The Kier molecular flexibility index (Phi) is 10.9. The molecule has 1 amide bonds. The number of halogens is 2. The molecule has 0 aliphatic heterocycles. The fourth-order valence-electron chi connectivity index (χ4n) is 1.73. The van der Waals surface area contributed by atoms with E-state index in [1.54, 1.807) is 12.5 Å². The van der Waals surface area contributed by atoms with Crippen LogP contribution in [0.2, 0.25) is 0 Å². The number of thiazole rings is 1. The summed E-state index contributed by atoms with van der Waals surface area (Å²) in [6.45, 7) is 4.55. The van der Waals surface area contributed by atoms with Crippen molar-refractivity contribution in [3.63, 3.8) is 0 Å². The summed E-state index contributed by atoms with van der Waals surface area (Å²) in [7, 11) is 0. The van der Waals surface area contributed by atoms with Crippen molar-refractivity contribution in [2.24, 2.45) is 0 Å². The number of amides is 1. The third-order valence-electron chi connectivity index (χ3n) is 2.71. The lowest BCUT2D eigenvalue weighted by Gasteiger charge is -2.04. The van der Waals surface area contributed by atoms with Gasteiger partial charge in [-0.1, -0.05) is 6.92 Å². The molecule has 2 aromatic rings. The van der Waals surface area contributed by atoms with Crippen molar-refractivity contribution in [1.82, 2.24) is 15.6 Å². The van der Waals surface area contributed by atoms with Crippen LogP contribution < -0.4 is 10.6 Å². The van der Waals surface area contributed by atoms with E-state index >= 15 is 0 Å². The van der Waals surface area contributed by atoms with Crippen LogP contribution in [0.1, 0.15) is 19.0 Å². The number of hydrogen-bond donors (Lipinski definition) is 2. The molecule has 5 nitrogen and oxygen atoms in total. The normalized spacial score (nSPS) is 9.68. The molecule has 124 valence electrons. The van der Waals surface area contributed by atoms with Gasteiger partial charge in [-0.05, 0) is 19.0 Å². The number of nitrogens with one attached hydrogen (secondary N) is 2. The quantitative estimate of drug-likeness (QED) is 0.705. The van der Waals surface area contributed by atoms with Crippen molar-refractivity contribution in [2.45, 2.75) is 19.8 Å². The van der Waals surface area contributed by atoms with E-state index in [0.29, 0.717) is 13.0 Å². The van der Waals surface area contributed by atoms with Gasteiger partial charge in [-0.2, -0.15) is 0 Å². The minimum Gasteiger partial charge on any atom is -0.472 e.